The normalized spacial score (nSPS) is 16.6. The van der Waals surface area contributed by atoms with Gasteiger partial charge in [-0.15, -0.1) is 0 Å². The molecule has 1 aromatic heterocycles. The summed E-state index contributed by atoms with van der Waals surface area (Å²) in [6.07, 6.45) is -0.543. The Morgan fingerprint density at radius 3 is 2.50 bits per heavy atom. The standard InChI is InChI=1S/C13H17F3N2O2/c1-8-10(13(14,15)16)11(12(19)20-2)18(17-8)7-9-5-3-4-6-9/h9H,3-7H2,1-2H3. The highest BCUT2D eigenvalue weighted by Gasteiger charge is 2.41. The van der Waals surface area contributed by atoms with Gasteiger partial charge in [0.15, 0.2) is 5.69 Å². The van der Waals surface area contributed by atoms with Crippen molar-refractivity contribution in [2.75, 3.05) is 7.11 Å². The number of carbonyl (C=O) groups is 1. The van der Waals surface area contributed by atoms with Crippen LogP contribution >= 0.6 is 0 Å². The predicted octanol–water partition coefficient (Wildman–Crippen LogP) is 3.19. The van der Waals surface area contributed by atoms with E-state index in [0.29, 0.717) is 6.54 Å². The zero-order chi connectivity index (χ0) is 14.9. The van der Waals surface area contributed by atoms with E-state index in [1.807, 2.05) is 0 Å². The van der Waals surface area contributed by atoms with Crippen LogP contribution in [-0.2, 0) is 17.5 Å². The Balaban J connectivity index is 2.42. The molecule has 0 amide bonds. The number of hydrogen-bond donors (Lipinski definition) is 0. The van der Waals surface area contributed by atoms with Crippen LogP contribution in [-0.4, -0.2) is 22.9 Å². The summed E-state index contributed by atoms with van der Waals surface area (Å²) >= 11 is 0. The number of ether oxygens (including phenoxy) is 1. The molecule has 1 aliphatic rings. The Bertz CT molecular complexity index is 502. The van der Waals surface area contributed by atoms with Crippen LogP contribution in [0.15, 0.2) is 0 Å². The van der Waals surface area contributed by atoms with Gasteiger partial charge in [-0.05, 0) is 25.7 Å². The van der Waals surface area contributed by atoms with E-state index in [2.05, 4.69) is 9.84 Å². The molecule has 0 N–H and O–H groups in total. The summed E-state index contributed by atoms with van der Waals surface area (Å²) in [5.41, 5.74) is -1.65. The molecule has 20 heavy (non-hydrogen) atoms. The number of hydrogen-bond acceptors (Lipinski definition) is 3. The monoisotopic (exact) mass is 290 g/mol. The maximum Gasteiger partial charge on any atom is 0.420 e. The van der Waals surface area contributed by atoms with Crippen molar-refractivity contribution in [1.29, 1.82) is 0 Å². The summed E-state index contributed by atoms with van der Waals surface area (Å²) in [6, 6.07) is 0. The molecule has 0 bridgehead atoms. The lowest BCUT2D eigenvalue weighted by molar-refractivity contribution is -0.138. The molecule has 0 atom stereocenters. The van der Waals surface area contributed by atoms with Crippen LogP contribution in [0.4, 0.5) is 13.2 Å². The number of nitrogens with zero attached hydrogens (tertiary/aromatic N) is 2. The first-order chi connectivity index (χ1) is 9.34. The van der Waals surface area contributed by atoms with Gasteiger partial charge in [-0.3, -0.25) is 4.68 Å². The van der Waals surface area contributed by atoms with Crippen molar-refractivity contribution in [3.63, 3.8) is 0 Å². The zero-order valence-electron chi connectivity index (χ0n) is 11.5. The lowest BCUT2D eigenvalue weighted by Crippen LogP contribution is -2.20. The van der Waals surface area contributed by atoms with Crippen LogP contribution in [0.1, 0.15) is 47.4 Å². The van der Waals surface area contributed by atoms with E-state index in [9.17, 15) is 18.0 Å². The fraction of sp³-hybridized carbons (Fsp3) is 0.692. The minimum Gasteiger partial charge on any atom is -0.464 e. The summed E-state index contributed by atoms with van der Waals surface area (Å²) < 4.78 is 44.9. The van der Waals surface area contributed by atoms with Gasteiger partial charge in [0.2, 0.25) is 0 Å². The molecule has 2 rings (SSSR count). The number of carbonyl (C=O) groups excluding carboxylic acids is 1. The summed E-state index contributed by atoms with van der Waals surface area (Å²) in [6.45, 7) is 1.60. The Morgan fingerprint density at radius 2 is 2.00 bits per heavy atom. The average molecular weight is 290 g/mol. The highest BCUT2D eigenvalue weighted by Crippen LogP contribution is 2.36. The second-order valence-corrected chi connectivity index (χ2v) is 5.13. The third-order valence-electron chi connectivity index (χ3n) is 3.70. The smallest absolute Gasteiger partial charge is 0.420 e. The van der Waals surface area contributed by atoms with E-state index in [1.54, 1.807) is 0 Å². The van der Waals surface area contributed by atoms with Crippen molar-refractivity contribution < 1.29 is 22.7 Å². The van der Waals surface area contributed by atoms with E-state index in [4.69, 9.17) is 0 Å². The maximum absolute atomic E-state index is 13.1. The lowest BCUT2D eigenvalue weighted by atomic mass is 10.1. The Hall–Kier alpha value is -1.53. The topological polar surface area (TPSA) is 44.1 Å². The van der Waals surface area contributed by atoms with Gasteiger partial charge in [0.25, 0.3) is 0 Å². The number of aryl methyl sites for hydroxylation is 1. The minimum absolute atomic E-state index is 0.184. The van der Waals surface area contributed by atoms with Gasteiger partial charge in [0, 0.05) is 6.54 Å². The number of esters is 1. The highest BCUT2D eigenvalue weighted by molar-refractivity contribution is 5.89. The Labute approximate surface area is 114 Å². The molecule has 1 heterocycles. The van der Waals surface area contributed by atoms with E-state index < -0.39 is 23.4 Å². The van der Waals surface area contributed by atoms with Crippen molar-refractivity contribution >= 4 is 5.97 Å². The van der Waals surface area contributed by atoms with E-state index in [-0.39, 0.29) is 11.6 Å². The molecular formula is C13H17F3N2O2. The summed E-state index contributed by atoms with van der Waals surface area (Å²) in [7, 11) is 1.07. The number of methoxy groups -OCH3 is 1. The van der Waals surface area contributed by atoms with Crippen LogP contribution in [0.3, 0.4) is 0 Å². The first-order valence-corrected chi connectivity index (χ1v) is 6.57. The molecule has 1 aromatic rings. The Morgan fingerprint density at radius 1 is 1.40 bits per heavy atom. The van der Waals surface area contributed by atoms with Crippen LogP contribution in [0.2, 0.25) is 0 Å². The molecule has 1 saturated carbocycles. The third-order valence-corrected chi connectivity index (χ3v) is 3.70. The van der Waals surface area contributed by atoms with Crippen molar-refractivity contribution in [2.24, 2.45) is 5.92 Å². The molecule has 0 aliphatic heterocycles. The molecule has 0 radical (unpaired) electrons. The van der Waals surface area contributed by atoms with Crippen LogP contribution in [0, 0.1) is 12.8 Å². The van der Waals surface area contributed by atoms with E-state index in [0.717, 1.165) is 32.8 Å². The second-order valence-electron chi connectivity index (χ2n) is 5.13. The average Bonchev–Trinajstić information content (AvgIpc) is 2.95. The molecular weight excluding hydrogens is 273 g/mol. The van der Waals surface area contributed by atoms with E-state index in [1.165, 1.54) is 11.6 Å². The van der Waals surface area contributed by atoms with Crippen LogP contribution in [0.25, 0.3) is 0 Å². The van der Waals surface area contributed by atoms with Gasteiger partial charge in [0.05, 0.1) is 12.8 Å². The fourth-order valence-electron chi connectivity index (χ4n) is 2.79. The van der Waals surface area contributed by atoms with Crippen molar-refractivity contribution in [3.05, 3.63) is 17.0 Å². The fourth-order valence-corrected chi connectivity index (χ4v) is 2.79. The second kappa shape index (κ2) is 5.46. The Kier molecular flexibility index (Phi) is 4.06. The summed E-state index contributed by atoms with van der Waals surface area (Å²) in [4.78, 5) is 11.7. The quantitative estimate of drug-likeness (QED) is 0.803. The molecule has 0 aromatic carbocycles. The van der Waals surface area contributed by atoms with Crippen LogP contribution < -0.4 is 0 Å². The maximum atomic E-state index is 13.1. The summed E-state index contributed by atoms with van der Waals surface area (Å²) in [5, 5.41) is 3.91. The molecule has 1 fully saturated rings. The molecule has 0 unspecified atom stereocenters. The molecule has 1 aliphatic carbocycles. The number of aromatic nitrogens is 2. The molecule has 4 nitrogen and oxygen atoms in total. The zero-order valence-corrected chi connectivity index (χ0v) is 11.5. The number of alkyl halides is 3. The number of halogens is 3. The van der Waals surface area contributed by atoms with Gasteiger partial charge in [0.1, 0.15) is 5.56 Å². The largest absolute Gasteiger partial charge is 0.464 e. The third kappa shape index (κ3) is 2.81. The van der Waals surface area contributed by atoms with Crippen molar-refractivity contribution in [1.82, 2.24) is 9.78 Å². The van der Waals surface area contributed by atoms with Gasteiger partial charge in [-0.2, -0.15) is 18.3 Å². The number of rotatable bonds is 3. The minimum atomic E-state index is -4.61. The molecule has 0 saturated heterocycles. The molecule has 7 heteroatoms. The first-order valence-electron chi connectivity index (χ1n) is 6.57. The van der Waals surface area contributed by atoms with Crippen LogP contribution in [0.5, 0.6) is 0 Å². The predicted molar refractivity (Wildman–Crippen MR) is 65.3 cm³/mol. The van der Waals surface area contributed by atoms with Gasteiger partial charge >= 0.3 is 12.1 Å². The highest BCUT2D eigenvalue weighted by atomic mass is 19.4. The van der Waals surface area contributed by atoms with Gasteiger partial charge in [-0.25, -0.2) is 4.79 Å². The van der Waals surface area contributed by atoms with Gasteiger partial charge < -0.3 is 4.74 Å². The van der Waals surface area contributed by atoms with E-state index >= 15 is 0 Å². The van der Waals surface area contributed by atoms with Crippen molar-refractivity contribution in [2.45, 2.75) is 45.3 Å². The van der Waals surface area contributed by atoms with Crippen molar-refractivity contribution in [3.8, 4) is 0 Å². The SMILES string of the molecule is COC(=O)c1c(C(F)(F)F)c(C)nn1CC1CCCC1. The van der Waals surface area contributed by atoms with Gasteiger partial charge in [-0.1, -0.05) is 12.8 Å². The first kappa shape index (κ1) is 14.9. The molecule has 112 valence electrons. The summed E-state index contributed by atoms with van der Waals surface area (Å²) in [5.74, 6) is -0.713. The lowest BCUT2D eigenvalue weighted by Gasteiger charge is -2.13. The molecule has 0 spiro atoms.